The summed E-state index contributed by atoms with van der Waals surface area (Å²) in [5.74, 6) is 0. The van der Waals surface area contributed by atoms with E-state index in [1.807, 2.05) is 0 Å². The molecule has 100 valence electrons. The Morgan fingerprint density at radius 2 is 2.00 bits per heavy atom. The molecule has 2 nitrogen and oxygen atoms in total. The van der Waals surface area contributed by atoms with Crippen molar-refractivity contribution in [3.63, 3.8) is 0 Å². The van der Waals surface area contributed by atoms with Crippen LogP contribution in [0.15, 0.2) is 11.6 Å². The predicted molar refractivity (Wildman–Crippen MR) is 76.4 cm³/mol. The van der Waals surface area contributed by atoms with Crippen LogP contribution in [0.1, 0.15) is 52.9 Å². The molecule has 1 N–H and O–H groups in total. The molecular weight excluding hydrogens is 208 g/mol. The van der Waals surface area contributed by atoms with Crippen LogP contribution in [-0.2, 0) is 0 Å². The lowest BCUT2D eigenvalue weighted by Crippen LogP contribution is -2.29. The third-order valence-corrected chi connectivity index (χ3v) is 3.47. The number of hydrogen-bond donors (Lipinski definition) is 1. The summed E-state index contributed by atoms with van der Waals surface area (Å²) in [4.78, 5) is 2.58. The lowest BCUT2D eigenvalue weighted by Gasteiger charge is -2.25. The second-order valence-electron chi connectivity index (χ2n) is 5.62. The van der Waals surface area contributed by atoms with Gasteiger partial charge in [0.2, 0.25) is 0 Å². The highest BCUT2D eigenvalue weighted by atomic mass is 15.1. The van der Waals surface area contributed by atoms with Gasteiger partial charge in [-0.2, -0.15) is 0 Å². The van der Waals surface area contributed by atoms with Gasteiger partial charge in [-0.25, -0.2) is 0 Å². The van der Waals surface area contributed by atoms with Gasteiger partial charge in [0.25, 0.3) is 0 Å². The van der Waals surface area contributed by atoms with Crippen molar-refractivity contribution in [1.82, 2.24) is 10.2 Å². The Balaban J connectivity index is 1.88. The average Bonchev–Trinajstić information content (AvgIpc) is 2.30. The lowest BCUT2D eigenvalue weighted by atomic mass is 10.1. The molecule has 0 atom stereocenters. The first-order chi connectivity index (χ1) is 8.18. The Morgan fingerprint density at radius 3 is 2.65 bits per heavy atom. The average molecular weight is 238 g/mol. The van der Waals surface area contributed by atoms with Crippen molar-refractivity contribution >= 4 is 0 Å². The minimum absolute atomic E-state index is 0.637. The minimum atomic E-state index is 0.637. The van der Waals surface area contributed by atoms with E-state index in [2.05, 4.69) is 37.1 Å². The van der Waals surface area contributed by atoms with E-state index >= 15 is 0 Å². The molecule has 17 heavy (non-hydrogen) atoms. The highest BCUT2D eigenvalue weighted by Gasteiger charge is 2.07. The second kappa shape index (κ2) is 8.71. The topological polar surface area (TPSA) is 15.3 Å². The van der Waals surface area contributed by atoms with Crippen LogP contribution in [0, 0.1) is 0 Å². The maximum atomic E-state index is 3.47. The van der Waals surface area contributed by atoms with Crippen LogP contribution in [-0.4, -0.2) is 37.1 Å². The Morgan fingerprint density at radius 1 is 1.24 bits per heavy atom. The summed E-state index contributed by atoms with van der Waals surface area (Å²) in [6.07, 6.45) is 9.13. The fraction of sp³-hybridized carbons (Fsp3) is 0.867. The van der Waals surface area contributed by atoms with E-state index in [4.69, 9.17) is 0 Å². The zero-order chi connectivity index (χ0) is 12.5. The third-order valence-electron chi connectivity index (χ3n) is 3.47. The molecule has 0 aromatic rings. The van der Waals surface area contributed by atoms with E-state index in [0.29, 0.717) is 6.04 Å². The van der Waals surface area contributed by atoms with Gasteiger partial charge in [0.05, 0.1) is 0 Å². The zero-order valence-electron chi connectivity index (χ0n) is 12.0. The molecule has 1 aliphatic heterocycles. The number of unbranched alkanes of at least 4 members (excludes halogenated alkanes) is 3. The van der Waals surface area contributed by atoms with Crippen LogP contribution in [0.5, 0.6) is 0 Å². The first-order valence-corrected chi connectivity index (χ1v) is 7.30. The molecule has 1 aliphatic rings. The summed E-state index contributed by atoms with van der Waals surface area (Å²) >= 11 is 0. The van der Waals surface area contributed by atoms with Gasteiger partial charge in [0.1, 0.15) is 0 Å². The van der Waals surface area contributed by atoms with Crippen molar-refractivity contribution in [2.45, 2.75) is 58.9 Å². The summed E-state index contributed by atoms with van der Waals surface area (Å²) in [5, 5.41) is 3.47. The minimum Gasteiger partial charge on any atom is -0.315 e. The van der Waals surface area contributed by atoms with Gasteiger partial charge < -0.3 is 5.32 Å². The number of hydrogen-bond acceptors (Lipinski definition) is 2. The SMILES string of the molecule is CC1=CCN(CCCCCCNC(C)C)CC1. The van der Waals surface area contributed by atoms with Gasteiger partial charge in [-0.05, 0) is 39.3 Å². The van der Waals surface area contributed by atoms with Crippen LogP contribution in [0.3, 0.4) is 0 Å². The van der Waals surface area contributed by atoms with Crippen molar-refractivity contribution in [3.05, 3.63) is 11.6 Å². The largest absolute Gasteiger partial charge is 0.315 e. The summed E-state index contributed by atoms with van der Waals surface area (Å²) in [6, 6.07) is 0.637. The molecule has 0 fully saturated rings. The second-order valence-corrected chi connectivity index (χ2v) is 5.62. The molecule has 0 aromatic heterocycles. The van der Waals surface area contributed by atoms with E-state index in [9.17, 15) is 0 Å². The third kappa shape index (κ3) is 7.56. The smallest absolute Gasteiger partial charge is 0.0165 e. The Bertz CT molecular complexity index is 221. The summed E-state index contributed by atoms with van der Waals surface area (Å²) < 4.78 is 0. The molecule has 0 spiro atoms. The maximum absolute atomic E-state index is 3.47. The van der Waals surface area contributed by atoms with Gasteiger partial charge in [0.15, 0.2) is 0 Å². The number of nitrogens with zero attached hydrogens (tertiary/aromatic N) is 1. The van der Waals surface area contributed by atoms with Gasteiger partial charge >= 0.3 is 0 Å². The van der Waals surface area contributed by atoms with Crippen LogP contribution in [0.4, 0.5) is 0 Å². The quantitative estimate of drug-likeness (QED) is 0.516. The Hall–Kier alpha value is -0.340. The van der Waals surface area contributed by atoms with Crippen molar-refractivity contribution in [1.29, 1.82) is 0 Å². The summed E-state index contributed by atoms with van der Waals surface area (Å²) in [7, 11) is 0. The monoisotopic (exact) mass is 238 g/mol. The van der Waals surface area contributed by atoms with Crippen molar-refractivity contribution < 1.29 is 0 Å². The highest BCUT2D eigenvalue weighted by molar-refractivity contribution is 5.03. The molecule has 0 aliphatic carbocycles. The predicted octanol–water partition coefficient (Wildman–Crippen LogP) is 3.20. The van der Waals surface area contributed by atoms with Crippen LogP contribution in [0.25, 0.3) is 0 Å². The molecule has 0 unspecified atom stereocenters. The first-order valence-electron chi connectivity index (χ1n) is 7.30. The van der Waals surface area contributed by atoms with Gasteiger partial charge in [-0.1, -0.05) is 38.3 Å². The van der Waals surface area contributed by atoms with Crippen LogP contribution >= 0.6 is 0 Å². The standard InChI is InChI=1S/C15H30N2/c1-14(2)16-10-6-4-5-7-11-17-12-8-15(3)9-13-17/h8,14,16H,4-7,9-13H2,1-3H3. The molecule has 0 amide bonds. The molecule has 0 saturated heterocycles. The van der Waals surface area contributed by atoms with Crippen LogP contribution in [0.2, 0.25) is 0 Å². The molecule has 0 bridgehead atoms. The Labute approximate surface area is 107 Å². The molecule has 0 radical (unpaired) electrons. The van der Waals surface area contributed by atoms with E-state index in [-0.39, 0.29) is 0 Å². The van der Waals surface area contributed by atoms with Crippen molar-refractivity contribution in [2.24, 2.45) is 0 Å². The van der Waals surface area contributed by atoms with Crippen LogP contribution < -0.4 is 5.32 Å². The molecule has 0 aromatic carbocycles. The van der Waals surface area contributed by atoms with E-state index in [1.165, 1.54) is 58.3 Å². The van der Waals surface area contributed by atoms with Crippen molar-refractivity contribution in [2.75, 3.05) is 26.2 Å². The number of rotatable bonds is 8. The summed E-state index contributed by atoms with van der Waals surface area (Å²) in [6.45, 7) is 11.6. The molecule has 1 rings (SSSR count). The fourth-order valence-corrected chi connectivity index (χ4v) is 2.22. The van der Waals surface area contributed by atoms with Crippen molar-refractivity contribution in [3.8, 4) is 0 Å². The fourth-order valence-electron chi connectivity index (χ4n) is 2.22. The van der Waals surface area contributed by atoms with E-state index in [0.717, 1.165) is 0 Å². The normalized spacial score (nSPS) is 17.5. The van der Waals surface area contributed by atoms with E-state index < -0.39 is 0 Å². The molecule has 2 heteroatoms. The molecular formula is C15H30N2. The van der Waals surface area contributed by atoms with E-state index in [1.54, 1.807) is 5.57 Å². The lowest BCUT2D eigenvalue weighted by molar-refractivity contribution is 0.286. The molecule has 0 saturated carbocycles. The Kier molecular flexibility index (Phi) is 7.54. The summed E-state index contributed by atoms with van der Waals surface area (Å²) in [5.41, 5.74) is 1.57. The highest BCUT2D eigenvalue weighted by Crippen LogP contribution is 2.10. The molecule has 1 heterocycles. The van der Waals surface area contributed by atoms with Gasteiger partial charge in [0, 0.05) is 19.1 Å². The van der Waals surface area contributed by atoms with Gasteiger partial charge in [-0.15, -0.1) is 0 Å². The van der Waals surface area contributed by atoms with Gasteiger partial charge in [-0.3, -0.25) is 4.90 Å². The first kappa shape index (κ1) is 14.7. The zero-order valence-corrected chi connectivity index (χ0v) is 12.0. The maximum Gasteiger partial charge on any atom is 0.0165 e. The number of nitrogens with one attached hydrogen (secondary N) is 1.